The van der Waals surface area contributed by atoms with Crippen molar-refractivity contribution in [1.82, 2.24) is 9.97 Å². The van der Waals surface area contributed by atoms with E-state index in [4.69, 9.17) is 0 Å². The summed E-state index contributed by atoms with van der Waals surface area (Å²) >= 11 is 1.48. The molecule has 24 heavy (non-hydrogen) atoms. The van der Waals surface area contributed by atoms with Gasteiger partial charge in [0, 0.05) is 18.1 Å². The van der Waals surface area contributed by atoms with Gasteiger partial charge in [0.2, 0.25) is 5.91 Å². The number of para-hydroxylation sites is 2. The van der Waals surface area contributed by atoms with Crippen molar-refractivity contribution < 1.29 is 4.79 Å². The zero-order valence-corrected chi connectivity index (χ0v) is 14.7. The largest absolute Gasteiger partial charge is 0.315 e. The summed E-state index contributed by atoms with van der Waals surface area (Å²) in [7, 11) is 1.80. The third kappa shape index (κ3) is 3.41. The third-order valence-corrected chi connectivity index (χ3v) is 4.88. The van der Waals surface area contributed by atoms with Crippen LogP contribution in [0, 0.1) is 6.92 Å². The number of anilines is 1. The molecule has 3 aromatic rings. The van der Waals surface area contributed by atoms with Crippen molar-refractivity contribution in [3.05, 3.63) is 60.4 Å². The molecule has 1 heterocycles. The van der Waals surface area contributed by atoms with E-state index < -0.39 is 0 Å². The van der Waals surface area contributed by atoms with Crippen molar-refractivity contribution in [2.24, 2.45) is 0 Å². The molecule has 1 aromatic heterocycles. The molecule has 0 spiro atoms. The van der Waals surface area contributed by atoms with E-state index in [9.17, 15) is 4.79 Å². The maximum atomic E-state index is 12.7. The fourth-order valence-corrected chi connectivity index (χ4v) is 3.60. The van der Waals surface area contributed by atoms with Crippen LogP contribution in [-0.2, 0) is 4.79 Å². The molecule has 4 nitrogen and oxygen atoms in total. The first-order valence-electron chi connectivity index (χ1n) is 7.79. The number of carbonyl (C=O) groups is 1. The predicted molar refractivity (Wildman–Crippen MR) is 99.4 cm³/mol. The van der Waals surface area contributed by atoms with Crippen molar-refractivity contribution >= 4 is 34.3 Å². The molecule has 2 aromatic carbocycles. The number of fused-ring (bicyclic) bond motifs is 1. The monoisotopic (exact) mass is 337 g/mol. The van der Waals surface area contributed by atoms with Crippen LogP contribution in [0.5, 0.6) is 0 Å². The lowest BCUT2D eigenvalue weighted by molar-refractivity contribution is -0.117. The van der Waals surface area contributed by atoms with Crippen molar-refractivity contribution in [2.75, 3.05) is 11.9 Å². The maximum absolute atomic E-state index is 12.7. The van der Waals surface area contributed by atoms with Crippen molar-refractivity contribution in [3.63, 3.8) is 0 Å². The van der Waals surface area contributed by atoms with E-state index in [0.29, 0.717) is 5.82 Å². The second-order valence-electron chi connectivity index (χ2n) is 5.59. The lowest BCUT2D eigenvalue weighted by Gasteiger charge is -2.21. The number of aryl methyl sites for hydroxylation is 1. The summed E-state index contributed by atoms with van der Waals surface area (Å²) in [6, 6.07) is 17.5. The van der Waals surface area contributed by atoms with Gasteiger partial charge in [0.25, 0.3) is 0 Å². The van der Waals surface area contributed by atoms with E-state index >= 15 is 0 Å². The van der Waals surface area contributed by atoms with Gasteiger partial charge in [-0.2, -0.15) is 0 Å². The predicted octanol–water partition coefficient (Wildman–Crippen LogP) is 4.08. The van der Waals surface area contributed by atoms with Crippen molar-refractivity contribution in [1.29, 1.82) is 0 Å². The van der Waals surface area contributed by atoms with Crippen LogP contribution in [0.3, 0.4) is 0 Å². The fraction of sp³-hybridized carbons (Fsp3) is 0.211. The van der Waals surface area contributed by atoms with Gasteiger partial charge < -0.3 is 4.90 Å². The van der Waals surface area contributed by atoms with E-state index in [2.05, 4.69) is 9.97 Å². The first-order valence-corrected chi connectivity index (χ1v) is 8.67. The van der Waals surface area contributed by atoms with Gasteiger partial charge in [-0.15, -0.1) is 0 Å². The molecule has 0 saturated carbocycles. The van der Waals surface area contributed by atoms with Crippen LogP contribution >= 0.6 is 11.8 Å². The Labute approximate surface area is 145 Å². The van der Waals surface area contributed by atoms with Crippen LogP contribution in [0.15, 0.2) is 59.6 Å². The number of nitrogens with zero attached hydrogens (tertiary/aromatic N) is 3. The summed E-state index contributed by atoms with van der Waals surface area (Å²) in [4.78, 5) is 23.4. The molecule has 0 N–H and O–H groups in total. The van der Waals surface area contributed by atoms with E-state index in [-0.39, 0.29) is 11.2 Å². The summed E-state index contributed by atoms with van der Waals surface area (Å²) in [6.45, 7) is 3.79. The number of amides is 1. The molecule has 0 fully saturated rings. The fourth-order valence-electron chi connectivity index (χ4n) is 2.52. The minimum Gasteiger partial charge on any atom is -0.315 e. The van der Waals surface area contributed by atoms with Gasteiger partial charge >= 0.3 is 0 Å². The molecule has 0 bridgehead atoms. The highest BCUT2D eigenvalue weighted by Crippen LogP contribution is 2.29. The standard InChI is InChI=1S/C19H19N3OS/c1-13(19(23)22(3)15-9-5-4-6-10-15)24-18-16-11-7-8-12-17(16)20-14(2)21-18/h4-13H,1-3H3/t13-/m1/s1. The zero-order valence-electron chi connectivity index (χ0n) is 13.9. The highest BCUT2D eigenvalue weighted by molar-refractivity contribution is 8.00. The SMILES string of the molecule is Cc1nc(S[C@H](C)C(=O)N(C)c2ccccc2)c2ccccc2n1. The van der Waals surface area contributed by atoms with Gasteiger partial charge in [0.1, 0.15) is 10.9 Å². The maximum Gasteiger partial charge on any atom is 0.239 e. The van der Waals surface area contributed by atoms with Gasteiger partial charge in [-0.05, 0) is 32.0 Å². The van der Waals surface area contributed by atoms with E-state index in [1.54, 1.807) is 11.9 Å². The summed E-state index contributed by atoms with van der Waals surface area (Å²) < 4.78 is 0. The summed E-state index contributed by atoms with van der Waals surface area (Å²) in [5, 5.41) is 1.59. The van der Waals surface area contributed by atoms with Gasteiger partial charge in [0.15, 0.2) is 0 Å². The van der Waals surface area contributed by atoms with Gasteiger partial charge in [-0.25, -0.2) is 9.97 Å². The molecule has 0 saturated heterocycles. The molecule has 3 rings (SSSR count). The smallest absolute Gasteiger partial charge is 0.239 e. The molecule has 0 aliphatic heterocycles. The highest BCUT2D eigenvalue weighted by Gasteiger charge is 2.21. The molecular formula is C19H19N3OS. The highest BCUT2D eigenvalue weighted by atomic mass is 32.2. The Morgan fingerprint density at radius 3 is 2.46 bits per heavy atom. The third-order valence-electron chi connectivity index (χ3n) is 3.79. The van der Waals surface area contributed by atoms with Crippen molar-refractivity contribution in [3.8, 4) is 0 Å². The second kappa shape index (κ2) is 7.01. The molecule has 122 valence electrons. The second-order valence-corrected chi connectivity index (χ2v) is 6.92. The number of rotatable bonds is 4. The number of hydrogen-bond acceptors (Lipinski definition) is 4. The molecule has 0 aliphatic carbocycles. The summed E-state index contributed by atoms with van der Waals surface area (Å²) in [6.07, 6.45) is 0. The minimum atomic E-state index is -0.243. The normalized spacial score (nSPS) is 12.1. The molecule has 5 heteroatoms. The van der Waals surface area contributed by atoms with Gasteiger partial charge in [-0.1, -0.05) is 48.2 Å². The number of aromatic nitrogens is 2. The quantitative estimate of drug-likeness (QED) is 0.531. The van der Waals surface area contributed by atoms with Gasteiger partial charge in [0.05, 0.1) is 10.8 Å². The first kappa shape index (κ1) is 16.5. The Kier molecular flexibility index (Phi) is 4.81. The molecular weight excluding hydrogens is 318 g/mol. The van der Waals surface area contributed by atoms with Gasteiger partial charge in [-0.3, -0.25) is 4.79 Å². The average Bonchev–Trinajstić information content (AvgIpc) is 2.61. The van der Waals surface area contributed by atoms with Crippen LogP contribution < -0.4 is 4.90 Å². The number of hydrogen-bond donors (Lipinski definition) is 0. The minimum absolute atomic E-state index is 0.0477. The topological polar surface area (TPSA) is 46.1 Å². The Hall–Kier alpha value is -2.40. The summed E-state index contributed by atoms with van der Waals surface area (Å²) in [5.41, 5.74) is 1.79. The molecule has 1 atom stereocenters. The average molecular weight is 337 g/mol. The first-order chi connectivity index (χ1) is 11.6. The van der Waals surface area contributed by atoms with Crippen LogP contribution in [-0.4, -0.2) is 28.2 Å². The van der Waals surface area contributed by atoms with E-state index in [1.807, 2.05) is 68.4 Å². The Morgan fingerprint density at radius 2 is 1.71 bits per heavy atom. The molecule has 0 unspecified atom stereocenters. The Balaban J connectivity index is 1.84. The lowest BCUT2D eigenvalue weighted by atomic mass is 10.2. The molecule has 0 aliphatic rings. The van der Waals surface area contributed by atoms with Crippen LogP contribution in [0.4, 0.5) is 5.69 Å². The molecule has 0 radical (unpaired) electrons. The zero-order chi connectivity index (χ0) is 17.1. The number of benzene rings is 2. The van der Waals surface area contributed by atoms with Crippen molar-refractivity contribution in [2.45, 2.75) is 24.1 Å². The lowest BCUT2D eigenvalue weighted by Crippen LogP contribution is -2.33. The Bertz CT molecular complexity index is 867. The Morgan fingerprint density at radius 1 is 1.04 bits per heavy atom. The van der Waals surface area contributed by atoms with Crippen LogP contribution in [0.25, 0.3) is 10.9 Å². The molecule has 1 amide bonds. The van der Waals surface area contributed by atoms with E-state index in [1.165, 1.54) is 11.8 Å². The van der Waals surface area contributed by atoms with E-state index in [0.717, 1.165) is 21.6 Å². The van der Waals surface area contributed by atoms with Crippen LogP contribution in [0.1, 0.15) is 12.7 Å². The number of carbonyl (C=O) groups excluding carboxylic acids is 1. The number of thioether (sulfide) groups is 1. The summed E-state index contributed by atoms with van der Waals surface area (Å²) in [5.74, 6) is 0.763. The van der Waals surface area contributed by atoms with Crippen LogP contribution in [0.2, 0.25) is 0 Å².